The fourth-order valence-corrected chi connectivity index (χ4v) is 2.99. The minimum Gasteiger partial charge on any atom is -0.390 e. The average Bonchev–Trinajstić information content (AvgIpc) is 2.20. The molecule has 1 aliphatic rings. The van der Waals surface area contributed by atoms with E-state index in [9.17, 15) is 13.5 Å². The van der Waals surface area contributed by atoms with Crippen molar-refractivity contribution < 1.29 is 13.5 Å². The van der Waals surface area contributed by atoms with Gasteiger partial charge in [0.15, 0.2) is 9.84 Å². The van der Waals surface area contributed by atoms with Gasteiger partial charge in [0.05, 0.1) is 24.2 Å². The highest BCUT2D eigenvalue weighted by molar-refractivity contribution is 7.91. The lowest BCUT2D eigenvalue weighted by Gasteiger charge is -2.11. The van der Waals surface area contributed by atoms with E-state index in [-0.39, 0.29) is 30.5 Å². The second-order valence-corrected chi connectivity index (χ2v) is 4.99. The first-order chi connectivity index (χ1) is 5.55. The molecule has 0 aromatic carbocycles. The van der Waals surface area contributed by atoms with Gasteiger partial charge in [0, 0.05) is 6.04 Å². The van der Waals surface area contributed by atoms with Crippen molar-refractivity contribution in [3.05, 3.63) is 0 Å². The van der Waals surface area contributed by atoms with Crippen LogP contribution in [0.5, 0.6) is 0 Å². The van der Waals surface area contributed by atoms with Crippen molar-refractivity contribution in [3.63, 3.8) is 0 Å². The lowest BCUT2D eigenvalue weighted by molar-refractivity contribution is 0.168. The maximum Gasteiger partial charge on any atom is 0.154 e. The molecule has 2 atom stereocenters. The highest BCUT2D eigenvalue weighted by Crippen LogP contribution is 2.11. The Morgan fingerprint density at radius 1 is 1.54 bits per heavy atom. The molecular weight excluding hydrogens is 214 g/mol. The molecule has 0 aromatic heterocycles. The van der Waals surface area contributed by atoms with Crippen LogP contribution in [-0.4, -0.2) is 43.7 Å². The first kappa shape index (κ1) is 12.7. The van der Waals surface area contributed by atoms with Crippen molar-refractivity contribution in [2.45, 2.75) is 12.1 Å². The molecule has 0 aromatic rings. The Labute approximate surface area is 84.0 Å². The summed E-state index contributed by atoms with van der Waals surface area (Å²) in [7, 11) is -3.06. The van der Waals surface area contributed by atoms with E-state index in [0.29, 0.717) is 0 Å². The molecule has 0 unspecified atom stereocenters. The topological polar surface area (TPSA) is 66.4 Å². The number of hydrogen-bond acceptors (Lipinski definition) is 4. The molecule has 0 saturated carbocycles. The lowest BCUT2D eigenvalue weighted by atomic mass is 10.2. The number of halogens is 1. The predicted octanol–water partition coefficient (Wildman–Crippen LogP) is -1.21. The lowest BCUT2D eigenvalue weighted by Crippen LogP contribution is -2.38. The van der Waals surface area contributed by atoms with Crippen molar-refractivity contribution in [2.75, 3.05) is 18.1 Å². The van der Waals surface area contributed by atoms with E-state index in [4.69, 9.17) is 6.42 Å². The van der Waals surface area contributed by atoms with Crippen LogP contribution < -0.4 is 5.32 Å². The summed E-state index contributed by atoms with van der Waals surface area (Å²) in [6.07, 6.45) is 4.16. The van der Waals surface area contributed by atoms with Crippen LogP contribution in [0.15, 0.2) is 0 Å². The summed E-state index contributed by atoms with van der Waals surface area (Å²) < 4.78 is 21.9. The summed E-state index contributed by atoms with van der Waals surface area (Å²) in [5.41, 5.74) is 0. The molecule has 0 amide bonds. The van der Waals surface area contributed by atoms with Crippen LogP contribution in [0.1, 0.15) is 0 Å². The molecule has 1 heterocycles. The molecule has 13 heavy (non-hydrogen) atoms. The van der Waals surface area contributed by atoms with Crippen molar-refractivity contribution in [3.8, 4) is 12.3 Å². The van der Waals surface area contributed by atoms with Gasteiger partial charge in [0.2, 0.25) is 0 Å². The van der Waals surface area contributed by atoms with Crippen LogP contribution in [0, 0.1) is 12.3 Å². The summed E-state index contributed by atoms with van der Waals surface area (Å²) in [6.45, 7) is 0.289. The smallest absolute Gasteiger partial charge is 0.154 e. The molecule has 0 radical (unpaired) electrons. The summed E-state index contributed by atoms with van der Waals surface area (Å²) in [5, 5.41) is 12.0. The third kappa shape index (κ3) is 3.53. The van der Waals surface area contributed by atoms with Crippen LogP contribution in [0.25, 0.3) is 0 Å². The van der Waals surface area contributed by atoms with Crippen molar-refractivity contribution in [1.82, 2.24) is 5.32 Å². The first-order valence-electron chi connectivity index (χ1n) is 3.60. The third-order valence-electron chi connectivity index (χ3n) is 1.79. The van der Waals surface area contributed by atoms with Crippen LogP contribution in [0.2, 0.25) is 0 Å². The summed E-state index contributed by atoms with van der Waals surface area (Å²) >= 11 is 0. The molecule has 0 spiro atoms. The Kier molecular flexibility index (Phi) is 4.71. The fourth-order valence-electron chi connectivity index (χ4n) is 1.21. The van der Waals surface area contributed by atoms with E-state index in [2.05, 4.69) is 11.2 Å². The number of aliphatic hydroxyl groups excluding tert-OH is 1. The second-order valence-electron chi connectivity index (χ2n) is 2.84. The average molecular weight is 226 g/mol. The number of terminal acetylenes is 1. The highest BCUT2D eigenvalue weighted by Gasteiger charge is 2.35. The first-order valence-corrected chi connectivity index (χ1v) is 5.42. The minimum absolute atomic E-state index is 0. The zero-order valence-corrected chi connectivity index (χ0v) is 8.57. The van der Waals surface area contributed by atoms with Gasteiger partial charge in [0.1, 0.15) is 0 Å². The third-order valence-corrected chi connectivity index (χ3v) is 3.51. The maximum absolute atomic E-state index is 11.0. The van der Waals surface area contributed by atoms with Crippen LogP contribution >= 0.6 is 12.4 Å². The Morgan fingerprint density at radius 2 is 2.15 bits per heavy atom. The predicted molar refractivity (Wildman–Crippen MR) is 52.5 cm³/mol. The monoisotopic (exact) mass is 225 g/mol. The molecule has 1 saturated heterocycles. The van der Waals surface area contributed by atoms with Crippen molar-refractivity contribution in [2.24, 2.45) is 0 Å². The fraction of sp³-hybridized carbons (Fsp3) is 0.714. The highest BCUT2D eigenvalue weighted by atomic mass is 35.5. The van der Waals surface area contributed by atoms with Gasteiger partial charge in [-0.15, -0.1) is 18.8 Å². The Hall–Kier alpha value is -0.280. The van der Waals surface area contributed by atoms with Crippen molar-refractivity contribution in [1.29, 1.82) is 0 Å². The second kappa shape index (κ2) is 4.82. The van der Waals surface area contributed by atoms with Gasteiger partial charge in [-0.1, -0.05) is 5.92 Å². The van der Waals surface area contributed by atoms with E-state index < -0.39 is 22.0 Å². The summed E-state index contributed by atoms with van der Waals surface area (Å²) in [4.78, 5) is 0. The Bertz CT molecular complexity index is 295. The van der Waals surface area contributed by atoms with Crippen LogP contribution in [0.3, 0.4) is 0 Å². The molecule has 0 aliphatic carbocycles. The van der Waals surface area contributed by atoms with E-state index in [1.807, 2.05) is 0 Å². The molecule has 0 bridgehead atoms. The van der Waals surface area contributed by atoms with E-state index in [1.54, 1.807) is 0 Å². The van der Waals surface area contributed by atoms with Gasteiger partial charge in [-0.05, 0) is 0 Å². The molecular formula is C7H12ClNO3S. The Balaban J connectivity index is 0.00000144. The zero-order valence-electron chi connectivity index (χ0n) is 6.93. The maximum atomic E-state index is 11.0. The SMILES string of the molecule is C#CCN[C@@H]1CS(=O)(=O)C[C@H]1O.Cl. The van der Waals surface area contributed by atoms with Gasteiger partial charge in [0.25, 0.3) is 0 Å². The van der Waals surface area contributed by atoms with Gasteiger partial charge in [-0.2, -0.15) is 0 Å². The Morgan fingerprint density at radius 3 is 2.54 bits per heavy atom. The van der Waals surface area contributed by atoms with Gasteiger partial charge in [-0.3, -0.25) is 5.32 Å². The summed E-state index contributed by atoms with van der Waals surface area (Å²) in [5.74, 6) is 2.15. The largest absolute Gasteiger partial charge is 0.390 e. The quantitative estimate of drug-likeness (QED) is 0.579. The molecule has 1 fully saturated rings. The number of nitrogens with one attached hydrogen (secondary N) is 1. The zero-order chi connectivity index (χ0) is 9.19. The van der Waals surface area contributed by atoms with E-state index in [0.717, 1.165) is 0 Å². The summed E-state index contributed by atoms with van der Waals surface area (Å²) in [6, 6.07) is -0.397. The number of rotatable bonds is 2. The molecule has 1 aliphatic heterocycles. The normalized spacial score (nSPS) is 30.5. The molecule has 4 nitrogen and oxygen atoms in total. The van der Waals surface area contributed by atoms with Crippen LogP contribution in [0.4, 0.5) is 0 Å². The van der Waals surface area contributed by atoms with Gasteiger partial charge in [-0.25, -0.2) is 8.42 Å². The molecule has 6 heteroatoms. The number of aliphatic hydroxyl groups is 1. The van der Waals surface area contributed by atoms with Crippen molar-refractivity contribution >= 4 is 22.2 Å². The molecule has 2 N–H and O–H groups in total. The van der Waals surface area contributed by atoms with E-state index in [1.165, 1.54) is 0 Å². The molecule has 76 valence electrons. The van der Waals surface area contributed by atoms with Crippen LogP contribution in [-0.2, 0) is 9.84 Å². The van der Waals surface area contributed by atoms with E-state index >= 15 is 0 Å². The number of hydrogen-bond donors (Lipinski definition) is 2. The minimum atomic E-state index is -3.06. The van der Waals surface area contributed by atoms with Gasteiger partial charge < -0.3 is 5.11 Å². The van der Waals surface area contributed by atoms with Gasteiger partial charge >= 0.3 is 0 Å². The number of sulfone groups is 1. The standard InChI is InChI=1S/C7H11NO3S.ClH/c1-2-3-8-6-4-12(10,11)5-7(6)9;/h1,6-9H,3-5H2;1H/t6-,7-;/m1./s1. The molecule has 1 rings (SSSR count).